The Morgan fingerprint density at radius 2 is 2.38 bits per heavy atom. The van der Waals surface area contributed by atoms with Crippen molar-refractivity contribution in [3.63, 3.8) is 0 Å². The van der Waals surface area contributed by atoms with Gasteiger partial charge in [0.15, 0.2) is 0 Å². The number of hydrogen-bond donors (Lipinski definition) is 0. The van der Waals surface area contributed by atoms with Crippen molar-refractivity contribution in [2.24, 2.45) is 0 Å². The molecule has 0 amide bonds. The van der Waals surface area contributed by atoms with Crippen LogP contribution in [0, 0.1) is 6.92 Å². The monoisotopic (exact) mass is 178 g/mol. The number of oxazole rings is 1. The van der Waals surface area contributed by atoms with E-state index in [4.69, 9.17) is 4.42 Å². The molecule has 1 aromatic heterocycles. The predicted octanol–water partition coefficient (Wildman–Crippen LogP) is 1.70. The molecule has 1 aliphatic rings. The second-order valence-corrected chi connectivity index (χ2v) is 3.55. The van der Waals surface area contributed by atoms with E-state index >= 15 is 0 Å². The normalized spacial score (nSPS) is 18.8. The van der Waals surface area contributed by atoms with Crippen LogP contribution in [0.25, 0.3) is 5.57 Å². The van der Waals surface area contributed by atoms with Crippen molar-refractivity contribution in [1.82, 2.24) is 9.88 Å². The zero-order valence-corrected chi connectivity index (χ0v) is 8.08. The summed E-state index contributed by atoms with van der Waals surface area (Å²) in [7, 11) is 2.11. The van der Waals surface area contributed by atoms with Crippen molar-refractivity contribution in [3.8, 4) is 0 Å². The first-order chi connectivity index (χ1) is 6.25. The molecular weight excluding hydrogens is 164 g/mol. The van der Waals surface area contributed by atoms with Gasteiger partial charge in [-0.2, -0.15) is 0 Å². The van der Waals surface area contributed by atoms with Crippen LogP contribution in [-0.4, -0.2) is 30.0 Å². The first kappa shape index (κ1) is 8.51. The number of rotatable bonds is 1. The first-order valence-electron chi connectivity index (χ1n) is 4.56. The van der Waals surface area contributed by atoms with E-state index in [-0.39, 0.29) is 0 Å². The Balaban J connectivity index is 2.21. The maximum Gasteiger partial charge on any atom is 0.222 e. The number of nitrogens with zero attached hydrogens (tertiary/aromatic N) is 2. The number of aryl methyl sites for hydroxylation is 1. The zero-order chi connectivity index (χ0) is 9.26. The first-order valence-corrected chi connectivity index (χ1v) is 4.56. The fraction of sp³-hybridized carbons (Fsp3) is 0.500. The van der Waals surface area contributed by atoms with Gasteiger partial charge in [-0.15, -0.1) is 0 Å². The molecule has 2 rings (SSSR count). The van der Waals surface area contributed by atoms with Crippen LogP contribution in [0.15, 0.2) is 16.8 Å². The van der Waals surface area contributed by atoms with Crippen LogP contribution in [0.3, 0.4) is 0 Å². The second-order valence-electron chi connectivity index (χ2n) is 3.55. The van der Waals surface area contributed by atoms with Gasteiger partial charge in [0.25, 0.3) is 0 Å². The molecule has 0 aromatic carbocycles. The summed E-state index contributed by atoms with van der Waals surface area (Å²) >= 11 is 0. The molecule has 0 radical (unpaired) electrons. The molecule has 13 heavy (non-hydrogen) atoms. The van der Waals surface area contributed by atoms with Gasteiger partial charge >= 0.3 is 0 Å². The van der Waals surface area contributed by atoms with Crippen molar-refractivity contribution in [2.45, 2.75) is 13.3 Å². The molecule has 0 unspecified atom stereocenters. The smallest absolute Gasteiger partial charge is 0.222 e. The summed E-state index contributed by atoms with van der Waals surface area (Å²) in [6.07, 6.45) is 5.00. The van der Waals surface area contributed by atoms with E-state index in [2.05, 4.69) is 23.0 Å². The number of aromatic nitrogens is 1. The summed E-state index contributed by atoms with van der Waals surface area (Å²) in [5.41, 5.74) is 2.16. The summed E-state index contributed by atoms with van der Waals surface area (Å²) in [6.45, 7) is 4.02. The third kappa shape index (κ3) is 1.80. The lowest BCUT2D eigenvalue weighted by Crippen LogP contribution is -2.24. The van der Waals surface area contributed by atoms with E-state index in [1.54, 1.807) is 6.26 Å². The Labute approximate surface area is 78.1 Å². The van der Waals surface area contributed by atoms with Crippen LogP contribution in [0.4, 0.5) is 0 Å². The maximum absolute atomic E-state index is 5.35. The average molecular weight is 178 g/mol. The minimum Gasteiger partial charge on any atom is -0.445 e. The van der Waals surface area contributed by atoms with Gasteiger partial charge in [0.1, 0.15) is 6.26 Å². The molecule has 0 atom stereocenters. The fourth-order valence-electron chi connectivity index (χ4n) is 1.55. The molecule has 1 aromatic rings. The van der Waals surface area contributed by atoms with Crippen molar-refractivity contribution >= 4 is 5.57 Å². The van der Waals surface area contributed by atoms with E-state index in [1.807, 2.05) is 6.92 Å². The standard InChI is InChI=1S/C10H14N2O/c1-8-7-13-10(11-8)9-4-3-5-12(2)6-9/h4,7H,3,5-6H2,1-2H3. The Hall–Kier alpha value is -1.09. The van der Waals surface area contributed by atoms with Crippen molar-refractivity contribution in [3.05, 3.63) is 23.9 Å². The Morgan fingerprint density at radius 3 is 3.00 bits per heavy atom. The second kappa shape index (κ2) is 3.34. The quantitative estimate of drug-likeness (QED) is 0.655. The maximum atomic E-state index is 5.35. The highest BCUT2D eigenvalue weighted by molar-refractivity contribution is 5.60. The van der Waals surface area contributed by atoms with Gasteiger partial charge in [0.05, 0.1) is 5.69 Å². The van der Waals surface area contributed by atoms with Crippen LogP contribution < -0.4 is 0 Å². The van der Waals surface area contributed by atoms with E-state index in [0.29, 0.717) is 0 Å². The molecule has 0 aliphatic carbocycles. The average Bonchev–Trinajstić information content (AvgIpc) is 2.52. The summed E-state index contributed by atoms with van der Waals surface area (Å²) in [4.78, 5) is 6.58. The van der Waals surface area contributed by atoms with E-state index in [0.717, 1.165) is 31.1 Å². The van der Waals surface area contributed by atoms with Crippen LogP contribution in [0.2, 0.25) is 0 Å². The Morgan fingerprint density at radius 1 is 1.54 bits per heavy atom. The molecule has 3 heteroatoms. The molecule has 0 bridgehead atoms. The number of likely N-dealkylation sites (N-methyl/N-ethyl adjacent to an activating group) is 1. The minimum absolute atomic E-state index is 0.782. The lowest BCUT2D eigenvalue weighted by Gasteiger charge is -2.20. The van der Waals surface area contributed by atoms with Gasteiger partial charge in [0, 0.05) is 18.7 Å². The molecule has 0 fully saturated rings. The SMILES string of the molecule is Cc1coc(C2=CCCN(C)C2)n1. The molecular formula is C10H14N2O. The molecule has 1 aliphatic heterocycles. The minimum atomic E-state index is 0.782. The lowest BCUT2D eigenvalue weighted by molar-refractivity contribution is 0.367. The molecule has 2 heterocycles. The zero-order valence-electron chi connectivity index (χ0n) is 8.08. The summed E-state index contributed by atoms with van der Waals surface area (Å²) in [6, 6.07) is 0. The molecule has 0 saturated carbocycles. The molecule has 0 spiro atoms. The largest absolute Gasteiger partial charge is 0.445 e. The van der Waals surface area contributed by atoms with Crippen molar-refractivity contribution in [2.75, 3.05) is 20.1 Å². The Kier molecular flexibility index (Phi) is 2.19. The fourth-order valence-corrected chi connectivity index (χ4v) is 1.55. The van der Waals surface area contributed by atoms with Gasteiger partial charge in [-0.25, -0.2) is 4.98 Å². The van der Waals surface area contributed by atoms with Crippen LogP contribution >= 0.6 is 0 Å². The van der Waals surface area contributed by atoms with Crippen LogP contribution in [0.5, 0.6) is 0 Å². The van der Waals surface area contributed by atoms with Gasteiger partial charge in [0.2, 0.25) is 5.89 Å². The summed E-state index contributed by atoms with van der Waals surface area (Å²) < 4.78 is 5.35. The third-order valence-electron chi connectivity index (χ3n) is 2.24. The topological polar surface area (TPSA) is 29.3 Å². The van der Waals surface area contributed by atoms with Gasteiger partial charge in [-0.05, 0) is 20.4 Å². The number of hydrogen-bond acceptors (Lipinski definition) is 3. The lowest BCUT2D eigenvalue weighted by atomic mass is 10.1. The predicted molar refractivity (Wildman–Crippen MR) is 51.3 cm³/mol. The van der Waals surface area contributed by atoms with Gasteiger partial charge < -0.3 is 9.32 Å². The van der Waals surface area contributed by atoms with Crippen molar-refractivity contribution in [1.29, 1.82) is 0 Å². The van der Waals surface area contributed by atoms with Crippen LogP contribution in [-0.2, 0) is 0 Å². The molecule has 0 saturated heterocycles. The summed E-state index contributed by atoms with van der Waals surface area (Å²) in [5.74, 6) is 0.782. The molecule has 70 valence electrons. The highest BCUT2D eigenvalue weighted by Crippen LogP contribution is 2.18. The highest BCUT2D eigenvalue weighted by atomic mass is 16.3. The van der Waals surface area contributed by atoms with E-state index in [9.17, 15) is 0 Å². The Bertz CT molecular complexity index is 327. The van der Waals surface area contributed by atoms with E-state index < -0.39 is 0 Å². The summed E-state index contributed by atoms with van der Waals surface area (Å²) in [5, 5.41) is 0. The van der Waals surface area contributed by atoms with E-state index in [1.165, 1.54) is 5.57 Å². The molecule has 3 nitrogen and oxygen atoms in total. The van der Waals surface area contributed by atoms with Gasteiger partial charge in [-0.3, -0.25) is 0 Å². The third-order valence-corrected chi connectivity index (χ3v) is 2.24. The van der Waals surface area contributed by atoms with Gasteiger partial charge in [-0.1, -0.05) is 6.08 Å². The van der Waals surface area contributed by atoms with Crippen molar-refractivity contribution < 1.29 is 4.42 Å². The molecule has 0 N–H and O–H groups in total. The van der Waals surface area contributed by atoms with Crippen LogP contribution in [0.1, 0.15) is 18.0 Å². The highest BCUT2D eigenvalue weighted by Gasteiger charge is 2.13.